The van der Waals surface area contributed by atoms with Gasteiger partial charge in [-0.05, 0) is 43.2 Å². The smallest absolute Gasteiger partial charge is 0.336 e. The molecular formula is C19H19NO2. The van der Waals surface area contributed by atoms with Crippen LogP contribution in [0.15, 0.2) is 48.0 Å². The van der Waals surface area contributed by atoms with E-state index in [9.17, 15) is 4.79 Å². The first-order valence-corrected chi connectivity index (χ1v) is 7.33. The fourth-order valence-corrected chi connectivity index (χ4v) is 2.95. The van der Waals surface area contributed by atoms with E-state index >= 15 is 0 Å². The summed E-state index contributed by atoms with van der Waals surface area (Å²) < 4.78 is 4.98. The van der Waals surface area contributed by atoms with E-state index in [4.69, 9.17) is 4.74 Å². The first-order chi connectivity index (χ1) is 10.6. The van der Waals surface area contributed by atoms with E-state index < -0.39 is 0 Å². The Morgan fingerprint density at radius 3 is 2.45 bits per heavy atom. The van der Waals surface area contributed by atoms with E-state index in [0.29, 0.717) is 12.0 Å². The van der Waals surface area contributed by atoms with E-state index in [1.165, 1.54) is 18.2 Å². The van der Waals surface area contributed by atoms with Gasteiger partial charge in [-0.1, -0.05) is 35.4 Å². The van der Waals surface area contributed by atoms with Crippen LogP contribution < -0.4 is 5.32 Å². The van der Waals surface area contributed by atoms with Crippen molar-refractivity contribution in [2.24, 2.45) is 0 Å². The van der Waals surface area contributed by atoms with Crippen molar-refractivity contribution < 1.29 is 9.53 Å². The second-order valence-electron chi connectivity index (χ2n) is 5.68. The molecule has 0 spiro atoms. The van der Waals surface area contributed by atoms with Gasteiger partial charge in [-0.25, -0.2) is 4.79 Å². The number of aryl methyl sites for hydroxylation is 2. The van der Waals surface area contributed by atoms with Gasteiger partial charge in [-0.3, -0.25) is 0 Å². The largest absolute Gasteiger partial charge is 0.466 e. The zero-order valence-electron chi connectivity index (χ0n) is 13.1. The zero-order valence-corrected chi connectivity index (χ0v) is 13.1. The van der Waals surface area contributed by atoms with E-state index in [0.717, 1.165) is 22.5 Å². The Kier molecular flexibility index (Phi) is 3.72. The molecule has 3 rings (SSSR count). The minimum atomic E-state index is -0.281. The highest BCUT2D eigenvalue weighted by molar-refractivity contribution is 6.02. The van der Waals surface area contributed by atoms with Crippen LogP contribution in [0.5, 0.6) is 0 Å². The number of benzene rings is 2. The van der Waals surface area contributed by atoms with E-state index in [2.05, 4.69) is 37.4 Å². The first kappa shape index (κ1) is 14.4. The highest BCUT2D eigenvalue weighted by Gasteiger charge is 2.24. The number of methoxy groups -OCH3 is 1. The lowest BCUT2D eigenvalue weighted by atomic mass is 9.93. The molecule has 1 aliphatic heterocycles. The maximum absolute atomic E-state index is 12.2. The maximum Gasteiger partial charge on any atom is 0.336 e. The van der Waals surface area contributed by atoms with Gasteiger partial charge in [-0.2, -0.15) is 0 Å². The van der Waals surface area contributed by atoms with Crippen molar-refractivity contribution in [3.05, 3.63) is 70.3 Å². The summed E-state index contributed by atoms with van der Waals surface area (Å²) in [5, 5.41) is 3.41. The van der Waals surface area contributed by atoms with Crippen molar-refractivity contribution in [2.75, 3.05) is 12.4 Å². The third kappa shape index (κ3) is 2.62. The van der Waals surface area contributed by atoms with Crippen LogP contribution >= 0.6 is 0 Å². The number of carbonyl (C=O) groups is 1. The predicted molar refractivity (Wildman–Crippen MR) is 88.6 cm³/mol. The van der Waals surface area contributed by atoms with Crippen molar-refractivity contribution in [3.8, 4) is 0 Å². The molecule has 22 heavy (non-hydrogen) atoms. The Morgan fingerprint density at radius 2 is 1.77 bits per heavy atom. The molecule has 3 heteroatoms. The summed E-state index contributed by atoms with van der Waals surface area (Å²) in [6, 6.07) is 14.3. The molecule has 112 valence electrons. The van der Waals surface area contributed by atoms with Gasteiger partial charge in [-0.15, -0.1) is 0 Å². The first-order valence-electron chi connectivity index (χ1n) is 7.33. The Balaban J connectivity index is 2.15. The number of hydrogen-bond donors (Lipinski definition) is 1. The molecule has 0 amide bonds. The van der Waals surface area contributed by atoms with Gasteiger partial charge in [0.25, 0.3) is 0 Å². The fourth-order valence-electron chi connectivity index (χ4n) is 2.95. The van der Waals surface area contributed by atoms with Crippen LogP contribution in [0, 0.1) is 13.8 Å². The number of fused-ring (bicyclic) bond motifs is 1. The monoisotopic (exact) mass is 293 g/mol. The highest BCUT2D eigenvalue weighted by Crippen LogP contribution is 2.33. The molecule has 2 aromatic rings. The molecule has 3 nitrogen and oxygen atoms in total. The molecule has 0 atom stereocenters. The van der Waals surface area contributed by atoms with E-state index in [-0.39, 0.29) is 5.97 Å². The van der Waals surface area contributed by atoms with Gasteiger partial charge in [0.15, 0.2) is 0 Å². The van der Waals surface area contributed by atoms with Crippen molar-refractivity contribution >= 4 is 17.4 Å². The molecule has 0 bridgehead atoms. The third-order valence-corrected chi connectivity index (χ3v) is 3.89. The minimum absolute atomic E-state index is 0.281. The molecule has 0 unspecified atom stereocenters. The molecule has 2 aromatic carbocycles. The molecule has 0 fully saturated rings. The van der Waals surface area contributed by atoms with Crippen LogP contribution in [-0.2, 0) is 16.0 Å². The van der Waals surface area contributed by atoms with E-state index in [1.54, 1.807) is 0 Å². The third-order valence-electron chi connectivity index (χ3n) is 3.89. The topological polar surface area (TPSA) is 38.3 Å². The van der Waals surface area contributed by atoms with Gasteiger partial charge in [0, 0.05) is 12.1 Å². The average molecular weight is 293 g/mol. The number of rotatable bonds is 2. The summed E-state index contributed by atoms with van der Waals surface area (Å²) in [5.41, 5.74) is 7.04. The summed E-state index contributed by atoms with van der Waals surface area (Å²) in [6.07, 6.45) is 0.582. The second kappa shape index (κ2) is 5.68. The molecule has 0 saturated carbocycles. The second-order valence-corrected chi connectivity index (χ2v) is 5.68. The lowest BCUT2D eigenvalue weighted by Crippen LogP contribution is -2.19. The lowest BCUT2D eigenvalue weighted by Gasteiger charge is -2.24. The van der Waals surface area contributed by atoms with Gasteiger partial charge < -0.3 is 10.1 Å². The number of anilines is 1. The molecule has 1 N–H and O–H groups in total. The standard InChI is InChI=1S/C19H19NO2/c1-12-8-13(2)10-15(9-12)18-16(19(21)22-3)11-14-6-4-5-7-17(14)20-18/h4-10,20H,11H2,1-3H3. The summed E-state index contributed by atoms with van der Waals surface area (Å²) in [4.78, 5) is 12.2. The van der Waals surface area contributed by atoms with Crippen LogP contribution in [0.2, 0.25) is 0 Å². The summed E-state index contributed by atoms with van der Waals surface area (Å²) in [7, 11) is 1.43. The molecule has 0 radical (unpaired) electrons. The van der Waals surface area contributed by atoms with Gasteiger partial charge >= 0.3 is 5.97 Å². The van der Waals surface area contributed by atoms with Crippen molar-refractivity contribution in [3.63, 3.8) is 0 Å². The SMILES string of the molecule is COC(=O)C1=C(c2cc(C)cc(C)c2)Nc2ccccc2C1. The Morgan fingerprint density at radius 1 is 1.09 bits per heavy atom. The molecule has 1 aliphatic rings. The van der Waals surface area contributed by atoms with Crippen LogP contribution in [0.25, 0.3) is 5.70 Å². The van der Waals surface area contributed by atoms with Crippen LogP contribution in [0.4, 0.5) is 5.69 Å². The Labute approximate surface area is 130 Å². The quantitative estimate of drug-likeness (QED) is 0.855. The van der Waals surface area contributed by atoms with Crippen LogP contribution in [-0.4, -0.2) is 13.1 Å². The average Bonchev–Trinajstić information content (AvgIpc) is 2.52. The summed E-state index contributed by atoms with van der Waals surface area (Å²) in [6.45, 7) is 4.12. The van der Waals surface area contributed by atoms with Crippen molar-refractivity contribution in [2.45, 2.75) is 20.3 Å². The van der Waals surface area contributed by atoms with Crippen LogP contribution in [0.3, 0.4) is 0 Å². The number of hydrogen-bond acceptors (Lipinski definition) is 3. The number of carbonyl (C=O) groups excluding carboxylic acids is 1. The number of para-hydroxylation sites is 1. The number of ether oxygens (including phenoxy) is 1. The number of nitrogens with one attached hydrogen (secondary N) is 1. The maximum atomic E-state index is 12.2. The minimum Gasteiger partial charge on any atom is -0.466 e. The van der Waals surface area contributed by atoms with Gasteiger partial charge in [0.05, 0.1) is 18.4 Å². The molecule has 0 aromatic heterocycles. The number of esters is 1. The van der Waals surface area contributed by atoms with E-state index in [1.807, 2.05) is 24.3 Å². The fraction of sp³-hybridized carbons (Fsp3) is 0.211. The molecule has 0 aliphatic carbocycles. The summed E-state index contributed by atoms with van der Waals surface area (Å²) in [5.74, 6) is -0.281. The van der Waals surface area contributed by atoms with Gasteiger partial charge in [0.2, 0.25) is 0 Å². The van der Waals surface area contributed by atoms with Crippen molar-refractivity contribution in [1.29, 1.82) is 0 Å². The molecule has 0 saturated heterocycles. The van der Waals surface area contributed by atoms with Crippen LogP contribution in [0.1, 0.15) is 22.3 Å². The summed E-state index contributed by atoms with van der Waals surface area (Å²) >= 11 is 0. The Bertz CT molecular complexity index is 755. The predicted octanol–water partition coefficient (Wildman–Crippen LogP) is 3.86. The molecular weight excluding hydrogens is 274 g/mol. The zero-order chi connectivity index (χ0) is 15.7. The molecule has 1 heterocycles. The van der Waals surface area contributed by atoms with Crippen molar-refractivity contribution in [1.82, 2.24) is 0 Å². The lowest BCUT2D eigenvalue weighted by molar-refractivity contribution is -0.136. The highest BCUT2D eigenvalue weighted by atomic mass is 16.5. The van der Waals surface area contributed by atoms with Gasteiger partial charge in [0.1, 0.15) is 0 Å². The normalized spacial score (nSPS) is 13.4. The Hall–Kier alpha value is -2.55.